The van der Waals surface area contributed by atoms with Crippen molar-refractivity contribution < 1.29 is 30.0 Å². The van der Waals surface area contributed by atoms with Crippen LogP contribution in [0.2, 0.25) is 0 Å². The average Bonchev–Trinajstić information content (AvgIpc) is 2.69. The summed E-state index contributed by atoms with van der Waals surface area (Å²) in [7, 11) is 1.50. The molecular formula is C25H35NO6. The molecule has 0 spiro atoms. The van der Waals surface area contributed by atoms with E-state index in [1.807, 2.05) is 13.0 Å². The number of aliphatic hydroxyl groups excluding tert-OH is 3. The summed E-state index contributed by atoms with van der Waals surface area (Å²) in [5.74, 6) is -0.697. The number of anilines is 1. The highest BCUT2D eigenvalue weighted by atomic mass is 16.5. The van der Waals surface area contributed by atoms with Crippen LogP contribution in [0.25, 0.3) is 0 Å². The van der Waals surface area contributed by atoms with E-state index in [0.717, 1.165) is 11.1 Å². The first-order chi connectivity index (χ1) is 15.1. The first-order valence-electron chi connectivity index (χ1n) is 10.8. The number of carbonyl (C=O) groups is 1. The van der Waals surface area contributed by atoms with Gasteiger partial charge in [0.25, 0.3) is 0 Å². The molecule has 2 rings (SSSR count). The highest BCUT2D eigenvalue weighted by molar-refractivity contribution is 5.91. The highest BCUT2D eigenvalue weighted by Crippen LogP contribution is 2.23. The van der Waals surface area contributed by atoms with Gasteiger partial charge in [0, 0.05) is 31.2 Å². The van der Waals surface area contributed by atoms with Gasteiger partial charge in [-0.1, -0.05) is 36.8 Å². The Hall–Kier alpha value is -2.45. The molecule has 0 saturated carbocycles. The van der Waals surface area contributed by atoms with Crippen LogP contribution in [0.1, 0.15) is 39.2 Å². The minimum atomic E-state index is -1.02. The van der Waals surface area contributed by atoms with Crippen molar-refractivity contribution >= 4 is 11.6 Å². The predicted octanol–water partition coefficient (Wildman–Crippen LogP) is 2.85. The summed E-state index contributed by atoms with van der Waals surface area (Å²) in [6.45, 7) is 5.42. The van der Waals surface area contributed by atoms with E-state index >= 15 is 0 Å². The Kier molecular flexibility index (Phi) is 9.65. The summed E-state index contributed by atoms with van der Waals surface area (Å²) < 4.78 is 5.37. The third-order valence-electron chi connectivity index (χ3n) is 5.60. The molecule has 32 heavy (non-hydrogen) atoms. The third-order valence-corrected chi connectivity index (χ3v) is 5.60. The number of phenols is 1. The Balaban J connectivity index is 2.37. The minimum absolute atomic E-state index is 0.0361. The molecule has 7 nitrogen and oxygen atoms in total. The molecule has 1 heterocycles. The van der Waals surface area contributed by atoms with Crippen LogP contribution in [0.4, 0.5) is 5.69 Å². The fourth-order valence-electron chi connectivity index (χ4n) is 3.70. The normalized spacial score (nSPS) is 32.8. The third kappa shape index (κ3) is 7.91. The number of hydrogen-bond donors (Lipinski definition) is 5. The molecule has 1 aromatic carbocycles. The zero-order valence-corrected chi connectivity index (χ0v) is 19.2. The fourth-order valence-corrected chi connectivity index (χ4v) is 3.70. The Bertz CT molecular complexity index is 875. The second kappa shape index (κ2) is 12.0. The predicted molar refractivity (Wildman–Crippen MR) is 124 cm³/mol. The topological polar surface area (TPSA) is 119 Å². The highest BCUT2D eigenvalue weighted by Gasteiger charge is 2.23. The van der Waals surface area contributed by atoms with Gasteiger partial charge in [0.1, 0.15) is 11.9 Å². The quantitative estimate of drug-likeness (QED) is 0.424. The molecule has 7 heteroatoms. The van der Waals surface area contributed by atoms with Crippen molar-refractivity contribution in [2.75, 3.05) is 12.4 Å². The number of aromatic hydroxyl groups is 1. The number of allylic oxidation sites excluding steroid dienone is 3. The van der Waals surface area contributed by atoms with E-state index in [-0.39, 0.29) is 30.4 Å². The van der Waals surface area contributed by atoms with Crippen LogP contribution in [-0.2, 0) is 16.0 Å². The summed E-state index contributed by atoms with van der Waals surface area (Å²) in [6.07, 6.45) is 4.23. The van der Waals surface area contributed by atoms with E-state index < -0.39 is 24.4 Å². The molecule has 0 unspecified atom stereocenters. The number of phenolic OH excluding ortho intramolecular Hbond substituents is 1. The lowest BCUT2D eigenvalue weighted by Crippen LogP contribution is -2.32. The van der Waals surface area contributed by atoms with E-state index in [4.69, 9.17) is 4.74 Å². The number of amides is 1. The fraction of sp³-hybridized carbons (Fsp3) is 0.480. The first kappa shape index (κ1) is 25.8. The minimum Gasteiger partial charge on any atom is -0.508 e. The van der Waals surface area contributed by atoms with Crippen molar-refractivity contribution in [1.82, 2.24) is 0 Å². The van der Waals surface area contributed by atoms with Gasteiger partial charge >= 0.3 is 0 Å². The lowest BCUT2D eigenvalue weighted by atomic mass is 9.93. The molecule has 5 atom stereocenters. The van der Waals surface area contributed by atoms with Crippen molar-refractivity contribution in [2.45, 2.75) is 64.4 Å². The lowest BCUT2D eigenvalue weighted by molar-refractivity contribution is -0.117. The maximum atomic E-state index is 12.4. The number of fused-ring (bicyclic) bond motifs is 2. The molecule has 1 aliphatic heterocycles. The van der Waals surface area contributed by atoms with Gasteiger partial charge in [-0.3, -0.25) is 4.79 Å². The summed E-state index contributed by atoms with van der Waals surface area (Å²) in [5.41, 5.74) is 2.82. The number of aliphatic hydroxyl groups is 3. The van der Waals surface area contributed by atoms with Gasteiger partial charge in [-0.05, 0) is 43.5 Å². The van der Waals surface area contributed by atoms with Crippen molar-refractivity contribution in [1.29, 1.82) is 0 Å². The van der Waals surface area contributed by atoms with Crippen molar-refractivity contribution in [3.8, 4) is 5.75 Å². The number of ether oxygens (including phenoxy) is 1. The molecule has 1 amide bonds. The second-order valence-corrected chi connectivity index (χ2v) is 8.57. The summed E-state index contributed by atoms with van der Waals surface area (Å²) in [6, 6.07) is 4.87. The molecule has 0 saturated heterocycles. The van der Waals surface area contributed by atoms with Gasteiger partial charge in [-0.25, -0.2) is 0 Å². The molecule has 1 aliphatic rings. The average molecular weight is 446 g/mol. The van der Waals surface area contributed by atoms with Crippen molar-refractivity contribution in [2.24, 2.45) is 5.92 Å². The SMILES string of the molecule is CO[C@@H]1/C=C/C=C(\C)Cc2cc(O)cc(c2)NC(=O)C[C@H](O)/C(C)=C/[C@H](C)[C@@H](O)C[C@H]1O. The van der Waals surface area contributed by atoms with Crippen LogP contribution >= 0.6 is 0 Å². The van der Waals surface area contributed by atoms with Crippen LogP contribution in [0.3, 0.4) is 0 Å². The van der Waals surface area contributed by atoms with Crippen LogP contribution in [0.15, 0.2) is 53.6 Å². The van der Waals surface area contributed by atoms with Gasteiger partial charge in [0.2, 0.25) is 5.91 Å². The van der Waals surface area contributed by atoms with Crippen LogP contribution < -0.4 is 5.32 Å². The van der Waals surface area contributed by atoms with Crippen LogP contribution in [0, 0.1) is 5.92 Å². The summed E-state index contributed by atoms with van der Waals surface area (Å²) >= 11 is 0. The molecule has 0 fully saturated rings. The number of rotatable bonds is 1. The molecule has 1 aromatic rings. The molecule has 0 radical (unpaired) electrons. The zero-order valence-electron chi connectivity index (χ0n) is 19.2. The van der Waals surface area contributed by atoms with E-state index in [9.17, 15) is 25.2 Å². The van der Waals surface area contributed by atoms with Gasteiger partial charge < -0.3 is 30.5 Å². The lowest BCUT2D eigenvalue weighted by Gasteiger charge is -2.24. The number of carbonyl (C=O) groups excluding carboxylic acids is 1. The van der Waals surface area contributed by atoms with E-state index in [1.165, 1.54) is 13.2 Å². The van der Waals surface area contributed by atoms with E-state index in [1.54, 1.807) is 44.2 Å². The largest absolute Gasteiger partial charge is 0.508 e. The Labute approximate surface area is 189 Å². The van der Waals surface area contributed by atoms with E-state index in [2.05, 4.69) is 5.32 Å². The van der Waals surface area contributed by atoms with Crippen LogP contribution in [0.5, 0.6) is 5.75 Å². The standard InChI is InChI=1S/C25H35NO6/c1-15-6-5-7-24(32-4)23(30)13-21(28)16(2)9-17(3)22(29)14-25(31)26-19-10-18(8-15)11-20(27)12-19/h5-7,9-12,16,21-24,27-30H,8,13-14H2,1-4H3,(H,26,31)/b7-5+,15-6+,17-9+/t16-,21-,22-,23+,24+/m0/s1. The van der Waals surface area contributed by atoms with E-state index in [0.29, 0.717) is 17.7 Å². The number of methoxy groups -OCH3 is 1. The first-order valence-corrected chi connectivity index (χ1v) is 10.8. The molecule has 5 N–H and O–H groups in total. The number of nitrogens with one attached hydrogen (secondary N) is 1. The molecule has 0 aliphatic carbocycles. The molecule has 2 bridgehead atoms. The van der Waals surface area contributed by atoms with Gasteiger partial charge in [0.15, 0.2) is 0 Å². The molecule has 176 valence electrons. The Morgan fingerprint density at radius 2 is 1.81 bits per heavy atom. The number of hydrogen-bond acceptors (Lipinski definition) is 6. The maximum absolute atomic E-state index is 12.4. The van der Waals surface area contributed by atoms with Gasteiger partial charge in [-0.15, -0.1) is 0 Å². The van der Waals surface area contributed by atoms with Crippen LogP contribution in [-0.4, -0.2) is 57.9 Å². The number of benzene rings is 1. The Morgan fingerprint density at radius 1 is 1.09 bits per heavy atom. The summed E-state index contributed by atoms with van der Waals surface area (Å²) in [5, 5.41) is 44.2. The van der Waals surface area contributed by atoms with Gasteiger partial charge in [0.05, 0.1) is 24.7 Å². The van der Waals surface area contributed by atoms with Gasteiger partial charge in [-0.2, -0.15) is 0 Å². The second-order valence-electron chi connectivity index (χ2n) is 8.57. The maximum Gasteiger partial charge on any atom is 0.227 e. The van der Waals surface area contributed by atoms with Crippen molar-refractivity contribution in [3.63, 3.8) is 0 Å². The molecular weight excluding hydrogens is 410 g/mol. The zero-order chi connectivity index (χ0) is 23.8. The molecule has 0 aromatic heterocycles. The van der Waals surface area contributed by atoms with Crippen molar-refractivity contribution in [3.05, 3.63) is 59.2 Å². The smallest absolute Gasteiger partial charge is 0.227 e. The Morgan fingerprint density at radius 3 is 2.50 bits per heavy atom. The summed E-state index contributed by atoms with van der Waals surface area (Å²) in [4.78, 5) is 12.4. The monoisotopic (exact) mass is 445 g/mol.